The Morgan fingerprint density at radius 1 is 1.28 bits per heavy atom. The van der Waals surface area contributed by atoms with Crippen LogP contribution in [0.5, 0.6) is 5.75 Å². The third-order valence-electron chi connectivity index (χ3n) is 3.85. The zero-order valence-corrected chi connectivity index (χ0v) is 16.5. The Hall–Kier alpha value is -3.66. The molecule has 10 heteroatoms. The lowest BCUT2D eigenvalue weighted by Crippen LogP contribution is -2.13. The number of H-pyrrole nitrogens is 1. The number of aromatic amines is 1. The number of carbonyl (C=O) groups excluding carboxylic acids is 1. The smallest absolute Gasteiger partial charge is 0.294 e. The van der Waals surface area contributed by atoms with Crippen molar-refractivity contribution in [2.75, 3.05) is 19.5 Å². The molecule has 0 spiro atoms. The van der Waals surface area contributed by atoms with E-state index in [4.69, 9.17) is 23.8 Å². The van der Waals surface area contributed by atoms with Gasteiger partial charge in [-0.2, -0.15) is 5.10 Å². The number of nitrogens with one attached hydrogen (secondary N) is 2. The van der Waals surface area contributed by atoms with Crippen molar-refractivity contribution in [1.82, 2.24) is 15.2 Å². The number of hydrogen-bond acceptors (Lipinski definition) is 7. The second-order valence-corrected chi connectivity index (χ2v) is 5.79. The van der Waals surface area contributed by atoms with Crippen LogP contribution in [0.25, 0.3) is 11.1 Å². The predicted octanol–water partition coefficient (Wildman–Crippen LogP) is 2.79. The second-order valence-electron chi connectivity index (χ2n) is 5.79. The van der Waals surface area contributed by atoms with Crippen LogP contribution >= 0.6 is 0 Å². The van der Waals surface area contributed by atoms with Crippen LogP contribution in [0.1, 0.15) is 27.8 Å². The minimum absolute atomic E-state index is 0.166. The zero-order valence-electron chi connectivity index (χ0n) is 16.5. The van der Waals surface area contributed by atoms with Gasteiger partial charge in [0.1, 0.15) is 5.75 Å². The number of carbonyl (C=O) groups is 2. The van der Waals surface area contributed by atoms with E-state index in [9.17, 15) is 4.79 Å². The van der Waals surface area contributed by atoms with Gasteiger partial charge in [0.15, 0.2) is 11.7 Å². The van der Waals surface area contributed by atoms with Crippen molar-refractivity contribution < 1.29 is 28.6 Å². The maximum atomic E-state index is 12.5. The van der Waals surface area contributed by atoms with Crippen LogP contribution in [0.15, 0.2) is 28.7 Å². The van der Waals surface area contributed by atoms with Crippen molar-refractivity contribution in [3.8, 4) is 16.9 Å². The highest BCUT2D eigenvalue weighted by Gasteiger charge is 2.21. The fourth-order valence-electron chi connectivity index (χ4n) is 2.69. The Morgan fingerprint density at radius 3 is 2.45 bits per heavy atom. The highest BCUT2D eigenvalue weighted by molar-refractivity contribution is 6.04. The number of aromatic nitrogens is 3. The van der Waals surface area contributed by atoms with Gasteiger partial charge in [-0.1, -0.05) is 12.1 Å². The van der Waals surface area contributed by atoms with Gasteiger partial charge in [-0.3, -0.25) is 14.7 Å². The number of nitrogens with zero attached hydrogens (tertiary/aromatic N) is 2. The number of oxazole rings is 1. The summed E-state index contributed by atoms with van der Waals surface area (Å²) in [6.07, 6.45) is 0. The Bertz CT molecular complexity index is 962. The van der Waals surface area contributed by atoms with Gasteiger partial charge in [0.05, 0.1) is 25.1 Å². The second kappa shape index (κ2) is 10.0. The molecule has 1 amide bonds. The molecule has 2 heterocycles. The first-order valence-electron chi connectivity index (χ1n) is 8.48. The molecule has 154 valence electrons. The monoisotopic (exact) mass is 402 g/mol. The van der Waals surface area contributed by atoms with Crippen molar-refractivity contribution in [1.29, 1.82) is 0 Å². The van der Waals surface area contributed by atoms with E-state index >= 15 is 0 Å². The summed E-state index contributed by atoms with van der Waals surface area (Å²) in [5, 5.41) is 16.8. The first kappa shape index (κ1) is 21.6. The highest BCUT2D eigenvalue weighted by Crippen LogP contribution is 2.32. The molecule has 0 bridgehead atoms. The molecule has 10 nitrogen and oxygen atoms in total. The summed E-state index contributed by atoms with van der Waals surface area (Å²) >= 11 is 0. The highest BCUT2D eigenvalue weighted by atomic mass is 16.5. The van der Waals surface area contributed by atoms with Gasteiger partial charge in [-0.25, -0.2) is 4.98 Å². The lowest BCUT2D eigenvalue weighted by atomic mass is 10.1. The molecule has 1 aromatic carbocycles. The van der Waals surface area contributed by atoms with Crippen molar-refractivity contribution in [3.63, 3.8) is 0 Å². The zero-order chi connectivity index (χ0) is 21.4. The average Bonchev–Trinajstić information content (AvgIpc) is 3.25. The summed E-state index contributed by atoms with van der Waals surface area (Å²) in [7, 11) is 3.20. The normalized spacial score (nSPS) is 10.1. The third kappa shape index (κ3) is 5.20. The fraction of sp³-hybridized carbons (Fsp3) is 0.263. The van der Waals surface area contributed by atoms with Crippen LogP contribution in [0.2, 0.25) is 0 Å². The Balaban J connectivity index is 0.000000941. The maximum absolute atomic E-state index is 12.5. The first-order valence-corrected chi connectivity index (χ1v) is 8.48. The standard InChI is InChI=1S/C18H20N4O4.CH2O2/c1-10-16(26-11(2)19-10)18(23)20-17-15(14(9-24-3)21-22-17)12-5-7-13(25-4)8-6-12;2-1-3/h5-8H,9H2,1-4H3,(H2,20,21,22,23);1H,(H,2,3). The van der Waals surface area contributed by atoms with Gasteiger partial charge >= 0.3 is 0 Å². The summed E-state index contributed by atoms with van der Waals surface area (Å²) in [4.78, 5) is 25.0. The number of methoxy groups -OCH3 is 2. The number of aryl methyl sites for hydroxylation is 2. The molecule has 2 aromatic heterocycles. The van der Waals surface area contributed by atoms with E-state index in [-0.39, 0.29) is 12.2 Å². The number of rotatable bonds is 6. The maximum Gasteiger partial charge on any atom is 0.294 e. The number of carboxylic acid groups (broad SMARTS) is 1. The molecule has 0 saturated carbocycles. The fourth-order valence-corrected chi connectivity index (χ4v) is 2.69. The number of hydrogen-bond donors (Lipinski definition) is 3. The molecule has 29 heavy (non-hydrogen) atoms. The van der Waals surface area contributed by atoms with E-state index in [0.717, 1.165) is 22.6 Å². The van der Waals surface area contributed by atoms with Gasteiger partial charge in [0.25, 0.3) is 12.4 Å². The number of amides is 1. The predicted molar refractivity (Wildman–Crippen MR) is 104 cm³/mol. The van der Waals surface area contributed by atoms with Crippen molar-refractivity contribution in [2.45, 2.75) is 20.5 Å². The summed E-state index contributed by atoms with van der Waals surface area (Å²) in [5.74, 6) is 1.32. The Kier molecular flexibility index (Phi) is 7.49. The van der Waals surface area contributed by atoms with E-state index in [2.05, 4.69) is 20.5 Å². The molecular weight excluding hydrogens is 380 g/mol. The lowest BCUT2D eigenvalue weighted by molar-refractivity contribution is -0.122. The van der Waals surface area contributed by atoms with Crippen LogP contribution in [0.3, 0.4) is 0 Å². The molecular formula is C19H22N4O6. The minimum Gasteiger partial charge on any atom is -0.497 e. The molecule has 0 fully saturated rings. The molecule has 3 rings (SSSR count). The van der Waals surface area contributed by atoms with Crippen molar-refractivity contribution >= 4 is 18.2 Å². The van der Waals surface area contributed by atoms with Crippen LogP contribution < -0.4 is 10.1 Å². The van der Waals surface area contributed by atoms with E-state index in [1.54, 1.807) is 28.1 Å². The number of anilines is 1. The summed E-state index contributed by atoms with van der Waals surface area (Å²) in [6, 6.07) is 7.47. The average molecular weight is 402 g/mol. The van der Waals surface area contributed by atoms with Crippen LogP contribution in [-0.2, 0) is 16.1 Å². The molecule has 3 aromatic rings. The summed E-state index contributed by atoms with van der Waals surface area (Å²) in [6.45, 7) is 3.49. The topological polar surface area (TPSA) is 140 Å². The molecule has 3 N–H and O–H groups in total. The molecule has 0 aliphatic rings. The largest absolute Gasteiger partial charge is 0.497 e. The van der Waals surface area contributed by atoms with Crippen molar-refractivity contribution in [3.05, 3.63) is 47.3 Å². The van der Waals surface area contributed by atoms with E-state index in [1.165, 1.54) is 0 Å². The number of ether oxygens (including phenoxy) is 2. The summed E-state index contributed by atoms with van der Waals surface area (Å²) in [5.41, 5.74) is 2.89. The SMILES string of the molecule is COCc1[nH]nc(NC(=O)c2oc(C)nc2C)c1-c1ccc(OC)cc1.O=CO. The van der Waals surface area contributed by atoms with E-state index in [1.807, 2.05) is 24.3 Å². The van der Waals surface area contributed by atoms with Crippen LogP contribution in [0.4, 0.5) is 5.82 Å². The molecule has 0 radical (unpaired) electrons. The van der Waals surface area contributed by atoms with Gasteiger partial charge in [0, 0.05) is 19.6 Å². The van der Waals surface area contributed by atoms with Gasteiger partial charge in [0.2, 0.25) is 5.76 Å². The quantitative estimate of drug-likeness (QED) is 0.535. The van der Waals surface area contributed by atoms with Gasteiger partial charge < -0.3 is 24.3 Å². The molecule has 0 atom stereocenters. The molecule has 0 saturated heterocycles. The molecule has 0 unspecified atom stereocenters. The van der Waals surface area contributed by atoms with Crippen LogP contribution in [0, 0.1) is 13.8 Å². The Labute approximate surface area is 166 Å². The molecule has 0 aliphatic heterocycles. The first-order chi connectivity index (χ1) is 13.9. The molecule has 0 aliphatic carbocycles. The lowest BCUT2D eigenvalue weighted by Gasteiger charge is -2.08. The number of benzene rings is 1. The van der Waals surface area contributed by atoms with E-state index in [0.29, 0.717) is 24.0 Å². The van der Waals surface area contributed by atoms with Crippen molar-refractivity contribution in [2.24, 2.45) is 0 Å². The Morgan fingerprint density at radius 2 is 1.93 bits per heavy atom. The minimum atomic E-state index is -0.409. The van der Waals surface area contributed by atoms with Gasteiger partial charge in [-0.15, -0.1) is 0 Å². The van der Waals surface area contributed by atoms with Gasteiger partial charge in [-0.05, 0) is 24.6 Å². The van der Waals surface area contributed by atoms with E-state index < -0.39 is 5.91 Å². The third-order valence-corrected chi connectivity index (χ3v) is 3.85. The van der Waals surface area contributed by atoms with Crippen LogP contribution in [-0.4, -0.2) is 46.9 Å². The summed E-state index contributed by atoms with van der Waals surface area (Å²) < 4.78 is 15.8.